The van der Waals surface area contributed by atoms with E-state index in [1.165, 1.54) is 20.1 Å². The molecule has 0 bridgehead atoms. The molecule has 0 radical (unpaired) electrons. The van der Waals surface area contributed by atoms with E-state index >= 15 is 0 Å². The number of carbonyl (C=O) groups excluding carboxylic acids is 2. The Labute approximate surface area is 193 Å². The lowest BCUT2D eigenvalue weighted by Crippen LogP contribution is -2.37. The number of piperidine rings is 1. The Balaban J connectivity index is 0.00000363. The van der Waals surface area contributed by atoms with Crippen LogP contribution in [0.1, 0.15) is 46.9 Å². The number of likely N-dealkylation sites (tertiary alicyclic amines) is 1. The van der Waals surface area contributed by atoms with E-state index in [4.69, 9.17) is 9.47 Å². The maximum Gasteiger partial charge on any atom is 0.168 e. The molecule has 0 unspecified atom stereocenters. The van der Waals surface area contributed by atoms with Crippen LogP contribution in [0.5, 0.6) is 11.5 Å². The molecule has 3 rings (SSSR count). The standard InChI is InChI=1S/C24H27F2NO4.ClH/c1-16(28)18-4-7-22(23(14-18)30-2)31-13-3-10-27-11-8-17(9-12-27)24(29)20-6-5-19(25)15-21(20)26;/h4-7,14-15,17H,3,8-13H2,1-2H3;1H. The lowest BCUT2D eigenvalue weighted by Gasteiger charge is -2.31. The van der Waals surface area contributed by atoms with Crippen LogP contribution in [0.15, 0.2) is 36.4 Å². The molecule has 8 heteroatoms. The zero-order valence-electron chi connectivity index (χ0n) is 18.2. The summed E-state index contributed by atoms with van der Waals surface area (Å²) in [7, 11) is 1.54. The number of ether oxygens (including phenoxy) is 2. The van der Waals surface area contributed by atoms with E-state index in [1.807, 2.05) is 0 Å². The SMILES string of the molecule is COc1cc(C(C)=O)ccc1OCCCN1CCC(C(=O)c2ccc(F)cc2F)CC1.Cl. The van der Waals surface area contributed by atoms with Crippen LogP contribution in [-0.4, -0.2) is 49.8 Å². The number of halogens is 3. The van der Waals surface area contributed by atoms with Gasteiger partial charge in [-0.25, -0.2) is 8.78 Å². The van der Waals surface area contributed by atoms with E-state index in [0.717, 1.165) is 38.2 Å². The molecule has 1 fully saturated rings. The van der Waals surface area contributed by atoms with Gasteiger partial charge in [0.05, 0.1) is 19.3 Å². The Bertz CT molecular complexity index is 946. The van der Waals surface area contributed by atoms with Crippen molar-refractivity contribution >= 4 is 24.0 Å². The van der Waals surface area contributed by atoms with Crippen LogP contribution >= 0.6 is 12.4 Å². The summed E-state index contributed by atoms with van der Waals surface area (Å²) < 4.78 is 38.1. The maximum atomic E-state index is 13.9. The van der Waals surface area contributed by atoms with Crippen molar-refractivity contribution in [1.29, 1.82) is 0 Å². The van der Waals surface area contributed by atoms with E-state index in [9.17, 15) is 18.4 Å². The minimum Gasteiger partial charge on any atom is -0.493 e. The highest BCUT2D eigenvalue weighted by atomic mass is 35.5. The van der Waals surface area contributed by atoms with Gasteiger partial charge < -0.3 is 14.4 Å². The molecule has 1 saturated heterocycles. The molecule has 2 aromatic rings. The molecule has 1 heterocycles. The van der Waals surface area contributed by atoms with Crippen LogP contribution in [0.2, 0.25) is 0 Å². The van der Waals surface area contributed by atoms with Gasteiger partial charge in [0.15, 0.2) is 23.1 Å². The number of ketones is 2. The van der Waals surface area contributed by atoms with Crippen LogP contribution in [-0.2, 0) is 0 Å². The van der Waals surface area contributed by atoms with Gasteiger partial charge >= 0.3 is 0 Å². The van der Waals surface area contributed by atoms with Crippen molar-refractivity contribution < 1.29 is 27.8 Å². The first kappa shape index (κ1) is 25.7. The van der Waals surface area contributed by atoms with Crippen LogP contribution < -0.4 is 9.47 Å². The molecular formula is C24H28ClF2NO4. The third-order valence-corrected chi connectivity index (χ3v) is 5.60. The van der Waals surface area contributed by atoms with Crippen LogP contribution in [0.4, 0.5) is 8.78 Å². The predicted octanol–water partition coefficient (Wildman–Crippen LogP) is 4.96. The van der Waals surface area contributed by atoms with E-state index in [0.29, 0.717) is 36.5 Å². The van der Waals surface area contributed by atoms with Gasteiger partial charge in [0.25, 0.3) is 0 Å². The lowest BCUT2D eigenvalue weighted by atomic mass is 9.88. The fourth-order valence-electron chi connectivity index (χ4n) is 3.80. The summed E-state index contributed by atoms with van der Waals surface area (Å²) in [5.41, 5.74) is 0.542. The molecular weight excluding hydrogens is 440 g/mol. The summed E-state index contributed by atoms with van der Waals surface area (Å²) in [5, 5.41) is 0. The van der Waals surface area contributed by atoms with Gasteiger partial charge in [0.2, 0.25) is 0 Å². The average molecular weight is 468 g/mol. The van der Waals surface area contributed by atoms with Gasteiger partial charge in [-0.2, -0.15) is 0 Å². The first-order chi connectivity index (χ1) is 14.9. The quantitative estimate of drug-likeness (QED) is 0.385. The zero-order chi connectivity index (χ0) is 22.4. The van der Waals surface area contributed by atoms with Crippen molar-refractivity contribution in [3.63, 3.8) is 0 Å². The first-order valence-electron chi connectivity index (χ1n) is 10.4. The summed E-state index contributed by atoms with van der Waals surface area (Å²) in [4.78, 5) is 26.3. The number of hydrogen-bond acceptors (Lipinski definition) is 5. The van der Waals surface area contributed by atoms with Crippen LogP contribution in [0.3, 0.4) is 0 Å². The van der Waals surface area contributed by atoms with E-state index in [1.54, 1.807) is 18.2 Å². The molecule has 0 amide bonds. The normalized spacial score (nSPS) is 14.5. The fraction of sp³-hybridized carbons (Fsp3) is 0.417. The Morgan fingerprint density at radius 3 is 2.41 bits per heavy atom. The van der Waals surface area contributed by atoms with Gasteiger partial charge in [-0.3, -0.25) is 9.59 Å². The molecule has 174 valence electrons. The summed E-state index contributed by atoms with van der Waals surface area (Å²) in [6.07, 6.45) is 2.09. The molecule has 0 aliphatic carbocycles. The number of carbonyl (C=O) groups is 2. The minimum atomic E-state index is -0.795. The second-order valence-electron chi connectivity index (χ2n) is 7.73. The summed E-state index contributed by atoms with van der Waals surface area (Å²) in [6, 6.07) is 8.23. The van der Waals surface area contributed by atoms with Crippen molar-refractivity contribution in [1.82, 2.24) is 4.90 Å². The van der Waals surface area contributed by atoms with Crippen molar-refractivity contribution in [3.8, 4) is 11.5 Å². The minimum absolute atomic E-state index is 0. The summed E-state index contributed by atoms with van der Waals surface area (Å²) in [5.74, 6) is -0.875. The second kappa shape index (κ2) is 11.9. The smallest absolute Gasteiger partial charge is 0.168 e. The molecule has 1 aliphatic rings. The van der Waals surface area contributed by atoms with Crippen molar-refractivity contribution in [2.45, 2.75) is 26.2 Å². The molecule has 0 atom stereocenters. The summed E-state index contributed by atoms with van der Waals surface area (Å²) >= 11 is 0. The van der Waals surface area contributed by atoms with E-state index in [-0.39, 0.29) is 35.5 Å². The molecule has 0 N–H and O–H groups in total. The first-order valence-corrected chi connectivity index (χ1v) is 10.4. The van der Waals surface area contributed by atoms with Gasteiger partial charge in [0, 0.05) is 24.1 Å². The fourth-order valence-corrected chi connectivity index (χ4v) is 3.80. The monoisotopic (exact) mass is 467 g/mol. The molecule has 0 spiro atoms. The molecule has 1 aliphatic heterocycles. The van der Waals surface area contributed by atoms with Crippen molar-refractivity contribution in [2.24, 2.45) is 5.92 Å². The van der Waals surface area contributed by atoms with Gasteiger partial charge in [0.1, 0.15) is 11.6 Å². The number of hydrogen-bond donors (Lipinski definition) is 0. The number of nitrogens with zero attached hydrogens (tertiary/aromatic N) is 1. The molecule has 5 nitrogen and oxygen atoms in total. The largest absolute Gasteiger partial charge is 0.493 e. The number of benzene rings is 2. The molecule has 0 aromatic heterocycles. The van der Waals surface area contributed by atoms with Crippen LogP contribution in [0.25, 0.3) is 0 Å². The third kappa shape index (κ3) is 6.50. The highest BCUT2D eigenvalue weighted by molar-refractivity contribution is 5.98. The Morgan fingerprint density at radius 1 is 1.06 bits per heavy atom. The van der Waals surface area contributed by atoms with Crippen molar-refractivity contribution in [2.75, 3.05) is 33.4 Å². The highest BCUT2D eigenvalue weighted by Gasteiger charge is 2.27. The molecule has 32 heavy (non-hydrogen) atoms. The van der Waals surface area contributed by atoms with E-state index in [2.05, 4.69) is 4.90 Å². The van der Waals surface area contributed by atoms with Crippen molar-refractivity contribution in [3.05, 3.63) is 59.2 Å². The zero-order valence-corrected chi connectivity index (χ0v) is 19.1. The molecule has 0 saturated carbocycles. The topological polar surface area (TPSA) is 55.8 Å². The van der Waals surface area contributed by atoms with Gasteiger partial charge in [-0.15, -0.1) is 12.4 Å². The third-order valence-electron chi connectivity index (χ3n) is 5.60. The number of Topliss-reactive ketones (excluding diaryl/α,β-unsaturated/α-hetero) is 2. The molecule has 2 aromatic carbocycles. The second-order valence-corrected chi connectivity index (χ2v) is 7.73. The van der Waals surface area contributed by atoms with E-state index < -0.39 is 11.6 Å². The summed E-state index contributed by atoms with van der Waals surface area (Å²) in [6.45, 7) is 4.31. The lowest BCUT2D eigenvalue weighted by molar-refractivity contribution is 0.0830. The van der Waals surface area contributed by atoms with Gasteiger partial charge in [-0.1, -0.05) is 0 Å². The number of rotatable bonds is 9. The van der Waals surface area contributed by atoms with Crippen LogP contribution in [0, 0.1) is 17.6 Å². The Hall–Kier alpha value is -2.51. The Morgan fingerprint density at radius 2 is 1.78 bits per heavy atom. The number of methoxy groups -OCH3 is 1. The predicted molar refractivity (Wildman–Crippen MR) is 120 cm³/mol. The maximum absolute atomic E-state index is 13.9. The Kier molecular flexibility index (Phi) is 9.60. The highest BCUT2D eigenvalue weighted by Crippen LogP contribution is 2.28. The van der Waals surface area contributed by atoms with Gasteiger partial charge in [-0.05, 0) is 69.6 Å². The average Bonchev–Trinajstić information content (AvgIpc) is 2.76.